The highest BCUT2D eigenvalue weighted by Gasteiger charge is 2.24. The Hall–Kier alpha value is -2.09. The number of rotatable bonds is 5. The minimum absolute atomic E-state index is 0.107. The van der Waals surface area contributed by atoms with Crippen molar-refractivity contribution < 1.29 is 4.79 Å². The second-order valence-corrected chi connectivity index (χ2v) is 8.16. The smallest absolute Gasteiger partial charge is 0.265 e. The van der Waals surface area contributed by atoms with E-state index in [0.29, 0.717) is 0 Å². The molecule has 5 nitrogen and oxygen atoms in total. The van der Waals surface area contributed by atoms with Crippen LogP contribution in [0, 0.1) is 0 Å². The summed E-state index contributed by atoms with van der Waals surface area (Å²) in [6.45, 7) is 4.16. The molecule has 0 bridgehead atoms. The summed E-state index contributed by atoms with van der Waals surface area (Å²) in [5, 5.41) is 3.07. The summed E-state index contributed by atoms with van der Waals surface area (Å²) in [5.74, 6) is 0.107. The standard InChI is InChI=1S/C19H20N4OS2/c24-19(17-11-20-18(26-17)10-15-4-2-1-3-5-15)23-8-6-22(7-9-23)12-16-13-25-14-21-16/h1-5,11,13-14H,6-10,12H2. The highest BCUT2D eigenvalue weighted by Crippen LogP contribution is 2.19. The molecule has 1 fully saturated rings. The average molecular weight is 385 g/mol. The molecular formula is C19H20N4OS2. The Morgan fingerprint density at radius 3 is 2.62 bits per heavy atom. The molecule has 0 spiro atoms. The predicted molar refractivity (Wildman–Crippen MR) is 105 cm³/mol. The zero-order valence-electron chi connectivity index (χ0n) is 14.4. The molecule has 0 saturated carbocycles. The second-order valence-electron chi connectivity index (χ2n) is 6.33. The Morgan fingerprint density at radius 1 is 1.08 bits per heavy atom. The molecule has 134 valence electrons. The van der Waals surface area contributed by atoms with E-state index in [1.807, 2.05) is 28.6 Å². The van der Waals surface area contributed by atoms with Crippen LogP contribution in [0.4, 0.5) is 0 Å². The molecule has 0 unspecified atom stereocenters. The number of amides is 1. The third-order valence-electron chi connectivity index (χ3n) is 4.49. The number of thiazole rings is 2. The lowest BCUT2D eigenvalue weighted by molar-refractivity contribution is 0.0632. The van der Waals surface area contributed by atoms with E-state index in [0.717, 1.165) is 54.7 Å². The summed E-state index contributed by atoms with van der Waals surface area (Å²) in [4.78, 5) is 26.6. The molecule has 1 aliphatic rings. The molecule has 0 atom stereocenters. The first kappa shape index (κ1) is 17.3. The molecule has 7 heteroatoms. The SMILES string of the molecule is O=C(c1cnc(Cc2ccccc2)s1)N1CCN(Cc2cscn2)CC1. The highest BCUT2D eigenvalue weighted by molar-refractivity contribution is 7.13. The van der Waals surface area contributed by atoms with E-state index in [4.69, 9.17) is 0 Å². The normalized spacial score (nSPS) is 15.3. The van der Waals surface area contributed by atoms with Crippen molar-refractivity contribution in [1.29, 1.82) is 0 Å². The quantitative estimate of drug-likeness (QED) is 0.678. The maximum atomic E-state index is 12.8. The Kier molecular flexibility index (Phi) is 5.38. The second kappa shape index (κ2) is 8.07. The average Bonchev–Trinajstić information content (AvgIpc) is 3.35. The van der Waals surface area contributed by atoms with E-state index >= 15 is 0 Å². The molecule has 3 aromatic rings. The van der Waals surface area contributed by atoms with Crippen molar-refractivity contribution in [3.8, 4) is 0 Å². The maximum absolute atomic E-state index is 12.8. The number of hydrogen-bond donors (Lipinski definition) is 0. The van der Waals surface area contributed by atoms with Crippen molar-refractivity contribution in [3.63, 3.8) is 0 Å². The summed E-state index contributed by atoms with van der Waals surface area (Å²) in [7, 11) is 0. The van der Waals surface area contributed by atoms with Gasteiger partial charge in [-0.1, -0.05) is 30.3 Å². The highest BCUT2D eigenvalue weighted by atomic mass is 32.1. The van der Waals surface area contributed by atoms with Gasteiger partial charge in [-0.15, -0.1) is 22.7 Å². The lowest BCUT2D eigenvalue weighted by Crippen LogP contribution is -2.48. The Labute approximate surface area is 160 Å². The first-order chi connectivity index (χ1) is 12.8. The van der Waals surface area contributed by atoms with Crippen LogP contribution < -0.4 is 0 Å². The summed E-state index contributed by atoms with van der Waals surface area (Å²) in [6, 6.07) is 10.2. The summed E-state index contributed by atoms with van der Waals surface area (Å²) < 4.78 is 0. The molecule has 2 aromatic heterocycles. The molecule has 0 N–H and O–H groups in total. The fraction of sp³-hybridized carbons (Fsp3) is 0.316. The molecule has 1 aliphatic heterocycles. The number of aromatic nitrogens is 2. The number of nitrogens with zero attached hydrogens (tertiary/aromatic N) is 4. The van der Waals surface area contributed by atoms with Gasteiger partial charge < -0.3 is 4.90 Å². The predicted octanol–water partition coefficient (Wildman–Crippen LogP) is 3.15. The van der Waals surface area contributed by atoms with Gasteiger partial charge in [0.15, 0.2) is 0 Å². The molecule has 1 aromatic carbocycles. The van der Waals surface area contributed by atoms with Gasteiger partial charge in [0.1, 0.15) is 4.88 Å². The van der Waals surface area contributed by atoms with E-state index in [9.17, 15) is 4.79 Å². The molecular weight excluding hydrogens is 364 g/mol. The largest absolute Gasteiger partial charge is 0.335 e. The number of benzene rings is 1. The number of carbonyl (C=O) groups is 1. The molecule has 3 heterocycles. The summed E-state index contributed by atoms with van der Waals surface area (Å²) in [5.41, 5.74) is 4.20. The molecule has 26 heavy (non-hydrogen) atoms. The Morgan fingerprint density at radius 2 is 1.88 bits per heavy atom. The molecule has 0 radical (unpaired) electrons. The van der Waals surface area contributed by atoms with Gasteiger partial charge in [0.2, 0.25) is 0 Å². The summed E-state index contributed by atoms with van der Waals surface area (Å²) >= 11 is 3.14. The number of piperazine rings is 1. The van der Waals surface area contributed by atoms with Crippen molar-refractivity contribution in [3.05, 3.63) is 68.6 Å². The van der Waals surface area contributed by atoms with Crippen LogP contribution in [-0.4, -0.2) is 51.9 Å². The van der Waals surface area contributed by atoms with Gasteiger partial charge in [0.05, 0.1) is 22.4 Å². The topological polar surface area (TPSA) is 49.3 Å². The van der Waals surface area contributed by atoms with Gasteiger partial charge in [-0.3, -0.25) is 9.69 Å². The minimum atomic E-state index is 0.107. The van der Waals surface area contributed by atoms with Gasteiger partial charge in [0, 0.05) is 44.5 Å². The van der Waals surface area contributed by atoms with Gasteiger partial charge in [0.25, 0.3) is 5.91 Å². The van der Waals surface area contributed by atoms with Crippen LogP contribution in [0.5, 0.6) is 0 Å². The fourth-order valence-electron chi connectivity index (χ4n) is 3.07. The van der Waals surface area contributed by atoms with E-state index in [1.165, 1.54) is 16.9 Å². The molecule has 0 aliphatic carbocycles. The zero-order valence-corrected chi connectivity index (χ0v) is 16.0. The van der Waals surface area contributed by atoms with Crippen LogP contribution in [0.15, 0.2) is 47.4 Å². The van der Waals surface area contributed by atoms with Gasteiger partial charge in [-0.05, 0) is 5.56 Å². The van der Waals surface area contributed by atoms with Crippen molar-refractivity contribution in [2.45, 2.75) is 13.0 Å². The third kappa shape index (κ3) is 4.17. The Balaban J connectivity index is 1.32. The van der Waals surface area contributed by atoms with Crippen molar-refractivity contribution >= 4 is 28.6 Å². The van der Waals surface area contributed by atoms with Crippen molar-refractivity contribution in [2.24, 2.45) is 0 Å². The van der Waals surface area contributed by atoms with Crippen LogP contribution in [0.2, 0.25) is 0 Å². The van der Waals surface area contributed by atoms with Gasteiger partial charge >= 0.3 is 0 Å². The van der Waals surface area contributed by atoms with E-state index in [-0.39, 0.29) is 5.91 Å². The van der Waals surface area contributed by atoms with Crippen LogP contribution in [-0.2, 0) is 13.0 Å². The molecule has 1 saturated heterocycles. The minimum Gasteiger partial charge on any atom is -0.335 e. The maximum Gasteiger partial charge on any atom is 0.265 e. The molecule has 1 amide bonds. The van der Waals surface area contributed by atoms with Gasteiger partial charge in [-0.25, -0.2) is 9.97 Å². The number of hydrogen-bond acceptors (Lipinski definition) is 6. The first-order valence-corrected chi connectivity index (χ1v) is 10.4. The van der Waals surface area contributed by atoms with E-state index in [2.05, 4.69) is 32.4 Å². The third-order valence-corrected chi connectivity index (χ3v) is 6.11. The van der Waals surface area contributed by atoms with Crippen LogP contribution >= 0.6 is 22.7 Å². The monoisotopic (exact) mass is 384 g/mol. The van der Waals surface area contributed by atoms with Gasteiger partial charge in [-0.2, -0.15) is 0 Å². The van der Waals surface area contributed by atoms with E-state index < -0.39 is 0 Å². The molecule has 4 rings (SSSR count). The van der Waals surface area contributed by atoms with Crippen molar-refractivity contribution in [1.82, 2.24) is 19.8 Å². The lowest BCUT2D eigenvalue weighted by atomic mass is 10.2. The number of carbonyl (C=O) groups excluding carboxylic acids is 1. The van der Waals surface area contributed by atoms with Crippen LogP contribution in [0.25, 0.3) is 0 Å². The van der Waals surface area contributed by atoms with Crippen molar-refractivity contribution in [2.75, 3.05) is 26.2 Å². The first-order valence-electron chi connectivity index (χ1n) is 8.65. The Bertz CT molecular complexity index is 840. The summed E-state index contributed by atoms with van der Waals surface area (Å²) in [6.07, 6.45) is 2.51. The van der Waals surface area contributed by atoms with E-state index in [1.54, 1.807) is 17.5 Å². The fourth-order valence-corrected chi connectivity index (χ4v) is 4.54. The lowest BCUT2D eigenvalue weighted by Gasteiger charge is -2.34. The van der Waals surface area contributed by atoms with Crippen LogP contribution in [0.3, 0.4) is 0 Å². The zero-order chi connectivity index (χ0) is 17.8. The van der Waals surface area contributed by atoms with Crippen LogP contribution in [0.1, 0.15) is 25.9 Å².